The molecule has 168 valence electrons. The lowest BCUT2D eigenvalue weighted by molar-refractivity contribution is 0.0124. The molecule has 10 heteroatoms. The maximum Gasteiger partial charge on any atom is 0.191 e. The number of hydrogen-bond acceptors (Lipinski definition) is 4. The lowest BCUT2D eigenvalue weighted by Gasteiger charge is -2.33. The second-order valence-electron chi connectivity index (χ2n) is 7.02. The van der Waals surface area contributed by atoms with Crippen molar-refractivity contribution in [1.29, 1.82) is 0 Å². The van der Waals surface area contributed by atoms with Crippen LogP contribution in [0, 0.1) is 6.92 Å². The van der Waals surface area contributed by atoms with Crippen LogP contribution < -0.4 is 10.6 Å². The molecule has 1 aliphatic rings. The molecule has 0 aliphatic carbocycles. The van der Waals surface area contributed by atoms with Gasteiger partial charge in [-0.05, 0) is 32.0 Å². The smallest absolute Gasteiger partial charge is 0.191 e. The van der Waals surface area contributed by atoms with Gasteiger partial charge in [0.1, 0.15) is 16.7 Å². The highest BCUT2D eigenvalue weighted by Gasteiger charge is 2.25. The molecule has 0 saturated carbocycles. The van der Waals surface area contributed by atoms with E-state index in [1.165, 1.54) is 0 Å². The van der Waals surface area contributed by atoms with Crippen molar-refractivity contribution in [3.63, 3.8) is 0 Å². The Morgan fingerprint density at radius 1 is 1.23 bits per heavy atom. The number of hydrogen-bond donors (Lipinski definition) is 2. The van der Waals surface area contributed by atoms with Crippen molar-refractivity contribution in [3.05, 3.63) is 45.6 Å². The molecule has 0 amide bonds. The van der Waals surface area contributed by atoms with Crippen molar-refractivity contribution in [2.24, 2.45) is 12.0 Å². The van der Waals surface area contributed by atoms with Crippen LogP contribution in [0.15, 0.2) is 27.6 Å². The first-order valence-corrected chi connectivity index (χ1v) is 10.6. The van der Waals surface area contributed by atoms with Crippen LogP contribution in [0.4, 0.5) is 0 Å². The number of nitrogens with one attached hydrogen (secondary N) is 2. The Labute approximate surface area is 205 Å². The molecule has 1 atom stereocenters. The summed E-state index contributed by atoms with van der Waals surface area (Å²) in [4.78, 5) is 7.08. The predicted molar refractivity (Wildman–Crippen MR) is 132 cm³/mol. The van der Waals surface area contributed by atoms with Gasteiger partial charge in [0.05, 0.1) is 30.8 Å². The fraction of sp³-hybridized carbons (Fsp3) is 0.550. The Bertz CT molecular complexity index is 833. The van der Waals surface area contributed by atoms with Crippen molar-refractivity contribution >= 4 is 53.1 Å². The van der Waals surface area contributed by atoms with Gasteiger partial charge in [0, 0.05) is 38.9 Å². The number of aryl methyl sites for hydroxylation is 1. The van der Waals surface area contributed by atoms with Gasteiger partial charge in [0.25, 0.3) is 0 Å². The van der Waals surface area contributed by atoms with Crippen LogP contribution >= 0.6 is 47.2 Å². The summed E-state index contributed by atoms with van der Waals surface area (Å²) in [7, 11) is 1.88. The molecule has 1 saturated heterocycles. The van der Waals surface area contributed by atoms with E-state index < -0.39 is 0 Å². The molecule has 0 bridgehead atoms. The Morgan fingerprint density at radius 3 is 2.53 bits per heavy atom. The van der Waals surface area contributed by atoms with Crippen LogP contribution in [0.2, 0.25) is 10.2 Å². The summed E-state index contributed by atoms with van der Waals surface area (Å²) >= 11 is 12.3. The number of guanidine groups is 1. The van der Waals surface area contributed by atoms with Gasteiger partial charge in [-0.15, -0.1) is 24.0 Å². The van der Waals surface area contributed by atoms with E-state index in [9.17, 15) is 0 Å². The van der Waals surface area contributed by atoms with E-state index in [0.29, 0.717) is 23.3 Å². The standard InChI is InChI=1S/C20H29Cl2N5O2.HI/c1-4-23-20(24-12-15-11-16(21)19(22)26(15)3)25-13-17(18-6-5-14(2)29-18)27-7-9-28-10-8-27;/h5-6,11,17H,4,7-10,12-13H2,1-3H3,(H2,23,24,25);1H. The van der Waals surface area contributed by atoms with Gasteiger partial charge >= 0.3 is 0 Å². The summed E-state index contributed by atoms with van der Waals surface area (Å²) in [5.41, 5.74) is 0.948. The first-order chi connectivity index (χ1) is 14.0. The molecular formula is C20H30Cl2IN5O2. The zero-order valence-electron chi connectivity index (χ0n) is 17.6. The van der Waals surface area contributed by atoms with Gasteiger partial charge in [-0.2, -0.15) is 0 Å². The minimum absolute atomic E-state index is 0. The van der Waals surface area contributed by atoms with Crippen molar-refractivity contribution in [2.45, 2.75) is 26.4 Å². The SMILES string of the molecule is CCNC(=NCc1cc(Cl)c(Cl)n1C)NCC(c1ccc(C)o1)N1CCOCC1.I. The third-order valence-electron chi connectivity index (χ3n) is 5.00. The fourth-order valence-corrected chi connectivity index (χ4v) is 3.78. The molecule has 3 heterocycles. The summed E-state index contributed by atoms with van der Waals surface area (Å²) in [6.45, 7) is 9.15. The summed E-state index contributed by atoms with van der Waals surface area (Å²) in [6.07, 6.45) is 0. The molecule has 2 aromatic rings. The summed E-state index contributed by atoms with van der Waals surface area (Å²) < 4.78 is 13.3. The number of furan rings is 1. The van der Waals surface area contributed by atoms with E-state index in [4.69, 9.17) is 37.3 Å². The van der Waals surface area contributed by atoms with Gasteiger partial charge in [-0.1, -0.05) is 23.2 Å². The molecule has 2 N–H and O–H groups in total. The Balaban J connectivity index is 0.00000320. The highest BCUT2D eigenvalue weighted by molar-refractivity contribution is 14.0. The molecule has 30 heavy (non-hydrogen) atoms. The van der Waals surface area contributed by atoms with Gasteiger partial charge < -0.3 is 24.4 Å². The largest absolute Gasteiger partial charge is 0.465 e. The third-order valence-corrected chi connectivity index (χ3v) is 5.84. The second kappa shape index (κ2) is 12.2. The number of morpholine rings is 1. The van der Waals surface area contributed by atoms with Gasteiger partial charge in [0.15, 0.2) is 5.96 Å². The van der Waals surface area contributed by atoms with E-state index in [1.54, 1.807) is 0 Å². The monoisotopic (exact) mass is 569 g/mol. The number of nitrogens with zero attached hydrogens (tertiary/aromatic N) is 3. The first kappa shape index (κ1) is 25.3. The number of ether oxygens (including phenoxy) is 1. The normalized spacial score (nSPS) is 16.2. The van der Waals surface area contributed by atoms with E-state index in [2.05, 4.69) is 21.6 Å². The molecule has 0 spiro atoms. The van der Waals surface area contributed by atoms with E-state index in [-0.39, 0.29) is 30.0 Å². The summed E-state index contributed by atoms with van der Waals surface area (Å²) in [5.74, 6) is 2.60. The van der Waals surface area contributed by atoms with Crippen LogP contribution in [0.1, 0.15) is 30.2 Å². The average Bonchev–Trinajstić information content (AvgIpc) is 3.25. The topological polar surface area (TPSA) is 67.0 Å². The molecule has 3 rings (SSSR count). The molecule has 1 aliphatic heterocycles. The van der Waals surface area contributed by atoms with Crippen LogP contribution in [0.25, 0.3) is 0 Å². The average molecular weight is 570 g/mol. The third kappa shape index (κ3) is 6.53. The maximum atomic E-state index is 6.16. The minimum Gasteiger partial charge on any atom is -0.465 e. The second-order valence-corrected chi connectivity index (χ2v) is 7.79. The molecule has 2 aromatic heterocycles. The maximum absolute atomic E-state index is 6.16. The number of halogens is 3. The molecule has 0 radical (unpaired) electrons. The Hall–Kier alpha value is -0.940. The van der Waals surface area contributed by atoms with E-state index in [1.807, 2.05) is 37.6 Å². The zero-order valence-corrected chi connectivity index (χ0v) is 21.4. The molecule has 0 aromatic carbocycles. The zero-order chi connectivity index (χ0) is 20.8. The number of aliphatic imine (C=N–C) groups is 1. The lowest BCUT2D eigenvalue weighted by atomic mass is 10.1. The number of rotatable bonds is 7. The molecule has 1 fully saturated rings. The highest BCUT2D eigenvalue weighted by Crippen LogP contribution is 2.26. The fourth-order valence-electron chi connectivity index (χ4n) is 3.37. The quantitative estimate of drug-likeness (QED) is 0.300. The molecule has 1 unspecified atom stereocenters. The van der Waals surface area contributed by atoms with Gasteiger partial charge in [-0.25, -0.2) is 4.99 Å². The van der Waals surface area contributed by atoms with E-state index in [0.717, 1.165) is 56.0 Å². The van der Waals surface area contributed by atoms with Crippen LogP contribution in [-0.2, 0) is 18.3 Å². The van der Waals surface area contributed by atoms with E-state index >= 15 is 0 Å². The summed E-state index contributed by atoms with van der Waals surface area (Å²) in [6, 6.07) is 6.01. The minimum atomic E-state index is 0. The van der Waals surface area contributed by atoms with Crippen molar-refractivity contribution in [2.75, 3.05) is 39.4 Å². The van der Waals surface area contributed by atoms with Crippen molar-refractivity contribution < 1.29 is 9.15 Å². The van der Waals surface area contributed by atoms with Gasteiger partial charge in [-0.3, -0.25) is 4.90 Å². The van der Waals surface area contributed by atoms with Crippen LogP contribution in [0.5, 0.6) is 0 Å². The summed E-state index contributed by atoms with van der Waals surface area (Å²) in [5, 5.41) is 7.82. The van der Waals surface area contributed by atoms with Crippen LogP contribution in [-0.4, -0.2) is 54.8 Å². The van der Waals surface area contributed by atoms with Gasteiger partial charge in [0.2, 0.25) is 0 Å². The number of aromatic nitrogens is 1. The molecular weight excluding hydrogens is 540 g/mol. The highest BCUT2D eigenvalue weighted by atomic mass is 127. The first-order valence-electron chi connectivity index (χ1n) is 9.89. The predicted octanol–water partition coefficient (Wildman–Crippen LogP) is 3.98. The van der Waals surface area contributed by atoms with Crippen molar-refractivity contribution in [3.8, 4) is 0 Å². The Morgan fingerprint density at radius 2 is 1.97 bits per heavy atom. The van der Waals surface area contributed by atoms with Crippen molar-refractivity contribution in [1.82, 2.24) is 20.1 Å². The molecule has 7 nitrogen and oxygen atoms in total. The lowest BCUT2D eigenvalue weighted by Crippen LogP contribution is -2.46. The van der Waals surface area contributed by atoms with Crippen LogP contribution in [0.3, 0.4) is 0 Å². The Kier molecular flexibility index (Phi) is 10.3.